The van der Waals surface area contributed by atoms with Crippen LogP contribution in [0.3, 0.4) is 0 Å². The highest BCUT2D eigenvalue weighted by molar-refractivity contribution is 6.15. The molecule has 2 heterocycles. The third-order valence-corrected chi connectivity index (χ3v) is 4.80. The van der Waals surface area contributed by atoms with Crippen molar-refractivity contribution < 1.29 is 31.4 Å². The fourth-order valence-electron chi connectivity index (χ4n) is 3.54. The van der Waals surface area contributed by atoms with Crippen molar-refractivity contribution in [2.24, 2.45) is 0 Å². The molecule has 2 aromatic heterocycles. The van der Waals surface area contributed by atoms with Crippen LogP contribution in [0.2, 0.25) is 0 Å². The van der Waals surface area contributed by atoms with Crippen molar-refractivity contribution in [2.45, 2.75) is 18.6 Å². The Bertz CT molecular complexity index is 1310. The first kappa shape index (κ1) is 20.7. The number of benzene rings is 2. The van der Waals surface area contributed by atoms with Gasteiger partial charge in [-0.15, -0.1) is 0 Å². The molecule has 0 saturated carbocycles. The molecular formula is C19H13F6N5O. The third-order valence-electron chi connectivity index (χ3n) is 4.80. The van der Waals surface area contributed by atoms with Gasteiger partial charge in [0.2, 0.25) is 5.95 Å². The van der Waals surface area contributed by atoms with Crippen molar-refractivity contribution in [3.63, 3.8) is 0 Å². The first-order chi connectivity index (χ1) is 14.4. The molecule has 1 unspecified atom stereocenters. The number of aromatic nitrogens is 3. The molecular weight excluding hydrogens is 428 g/mol. The molecule has 0 bridgehead atoms. The number of hydrogen-bond donors (Lipinski definition) is 3. The first-order valence-corrected chi connectivity index (χ1v) is 8.66. The Kier molecular flexibility index (Phi) is 4.50. The van der Waals surface area contributed by atoms with Gasteiger partial charge < -0.3 is 16.6 Å². The fourth-order valence-corrected chi connectivity index (χ4v) is 3.54. The third kappa shape index (κ3) is 3.19. The van der Waals surface area contributed by atoms with E-state index in [1.807, 2.05) is 0 Å². The zero-order valence-electron chi connectivity index (χ0n) is 15.3. The Morgan fingerprint density at radius 3 is 2.29 bits per heavy atom. The van der Waals surface area contributed by atoms with Crippen molar-refractivity contribution in [1.82, 2.24) is 14.5 Å². The van der Waals surface area contributed by atoms with E-state index >= 15 is 0 Å². The van der Waals surface area contributed by atoms with Gasteiger partial charge in [-0.05, 0) is 23.8 Å². The summed E-state index contributed by atoms with van der Waals surface area (Å²) >= 11 is 0. The largest absolute Gasteiger partial charge is 0.417 e. The van der Waals surface area contributed by atoms with Gasteiger partial charge in [0.1, 0.15) is 5.82 Å². The molecule has 0 aliphatic rings. The van der Waals surface area contributed by atoms with Crippen molar-refractivity contribution in [3.8, 4) is 11.1 Å². The molecule has 0 spiro atoms. The van der Waals surface area contributed by atoms with E-state index in [9.17, 15) is 26.3 Å². The summed E-state index contributed by atoms with van der Waals surface area (Å²) in [5.41, 5.74) is 9.05. The molecule has 12 heteroatoms. The molecule has 0 amide bonds. The highest BCUT2D eigenvalue weighted by atomic mass is 19.4. The maximum atomic E-state index is 14.5. The smallest absolute Gasteiger partial charge is 0.383 e. The van der Waals surface area contributed by atoms with E-state index in [0.29, 0.717) is 0 Å². The SMILES string of the molecule is Nc1nc(N)c2c(cc(-c3ccccc3C(F)(F)F)c3c2ccn3C(F)(F)C(O)F)n1. The van der Waals surface area contributed by atoms with E-state index in [1.54, 1.807) is 0 Å². The summed E-state index contributed by atoms with van der Waals surface area (Å²) in [6, 6.07) is 2.00. The Morgan fingerprint density at radius 2 is 1.65 bits per heavy atom. The lowest BCUT2D eigenvalue weighted by Crippen LogP contribution is -2.33. The van der Waals surface area contributed by atoms with Gasteiger partial charge in [0.15, 0.2) is 0 Å². The van der Waals surface area contributed by atoms with E-state index in [4.69, 9.17) is 16.6 Å². The second-order valence-corrected chi connectivity index (χ2v) is 6.70. The minimum absolute atomic E-state index is 0.00587. The number of nitrogen functional groups attached to an aromatic ring is 2. The van der Waals surface area contributed by atoms with E-state index in [2.05, 4.69) is 9.97 Å². The summed E-state index contributed by atoms with van der Waals surface area (Å²) in [6.07, 6.45) is -7.70. The summed E-state index contributed by atoms with van der Waals surface area (Å²) < 4.78 is 83.3. The molecule has 31 heavy (non-hydrogen) atoms. The van der Waals surface area contributed by atoms with E-state index in [0.717, 1.165) is 36.5 Å². The standard InChI is InChI=1S/C19H13F6N5O/c20-16(31)19(24,25)30-6-5-9-13-12(28-17(27)29-15(13)26)7-10(14(9)30)8-3-1-2-4-11(8)18(21,22)23/h1-7,16,31H,(H4,26,27,28,29). The predicted octanol–water partition coefficient (Wildman–Crippen LogP) is 4.27. The van der Waals surface area contributed by atoms with Crippen LogP contribution < -0.4 is 11.5 Å². The van der Waals surface area contributed by atoms with Crippen LogP contribution in [0, 0.1) is 0 Å². The monoisotopic (exact) mass is 441 g/mol. The lowest BCUT2D eigenvalue weighted by molar-refractivity contribution is -0.219. The number of alkyl halides is 6. The number of fused-ring (bicyclic) bond motifs is 3. The number of nitrogens with two attached hydrogens (primary N) is 2. The summed E-state index contributed by atoms with van der Waals surface area (Å²) in [7, 11) is 0. The van der Waals surface area contributed by atoms with Gasteiger partial charge in [-0.1, -0.05) is 18.2 Å². The fraction of sp³-hybridized carbons (Fsp3) is 0.158. The van der Waals surface area contributed by atoms with Crippen molar-refractivity contribution in [3.05, 3.63) is 48.2 Å². The van der Waals surface area contributed by atoms with E-state index < -0.39 is 35.2 Å². The van der Waals surface area contributed by atoms with Crippen molar-refractivity contribution >= 4 is 33.6 Å². The molecule has 4 rings (SSSR count). The topological polar surface area (TPSA) is 103 Å². The second-order valence-electron chi connectivity index (χ2n) is 6.70. The van der Waals surface area contributed by atoms with Gasteiger partial charge in [-0.2, -0.15) is 26.9 Å². The van der Waals surface area contributed by atoms with Crippen LogP contribution in [-0.4, -0.2) is 26.0 Å². The van der Waals surface area contributed by atoms with Crippen molar-refractivity contribution in [1.29, 1.82) is 0 Å². The van der Waals surface area contributed by atoms with Gasteiger partial charge in [0.05, 0.1) is 22.0 Å². The number of anilines is 2. The summed E-state index contributed by atoms with van der Waals surface area (Å²) in [5, 5.41) is 8.95. The minimum atomic E-state index is -4.82. The van der Waals surface area contributed by atoms with Gasteiger partial charge >= 0.3 is 12.2 Å². The van der Waals surface area contributed by atoms with Gasteiger partial charge in [-0.3, -0.25) is 4.57 Å². The lowest BCUT2D eigenvalue weighted by Gasteiger charge is -2.22. The van der Waals surface area contributed by atoms with Crippen LogP contribution in [0.5, 0.6) is 0 Å². The molecule has 0 fully saturated rings. The number of rotatable bonds is 3. The average Bonchev–Trinajstić information content (AvgIpc) is 3.11. The van der Waals surface area contributed by atoms with Gasteiger partial charge in [0.25, 0.3) is 6.36 Å². The molecule has 5 N–H and O–H groups in total. The molecule has 6 nitrogen and oxygen atoms in total. The first-order valence-electron chi connectivity index (χ1n) is 8.66. The average molecular weight is 441 g/mol. The number of halogens is 6. The molecule has 4 aromatic rings. The normalized spacial score (nSPS) is 13.8. The lowest BCUT2D eigenvalue weighted by atomic mass is 9.95. The Labute approximate surface area is 169 Å². The summed E-state index contributed by atoms with van der Waals surface area (Å²) in [4.78, 5) is 7.72. The quantitative estimate of drug-likeness (QED) is 0.412. The van der Waals surface area contributed by atoms with Crippen LogP contribution in [0.15, 0.2) is 42.6 Å². The second kappa shape index (κ2) is 6.74. The van der Waals surface area contributed by atoms with Crippen LogP contribution in [0.25, 0.3) is 32.9 Å². The van der Waals surface area contributed by atoms with E-state index in [-0.39, 0.29) is 38.2 Å². The molecule has 0 radical (unpaired) electrons. The highest BCUT2D eigenvalue weighted by Gasteiger charge is 2.43. The molecule has 1 atom stereocenters. The summed E-state index contributed by atoms with van der Waals surface area (Å²) in [6.45, 7) is 0. The molecule has 0 aliphatic heterocycles. The summed E-state index contributed by atoms with van der Waals surface area (Å²) in [5.74, 6) is -0.478. The maximum Gasteiger partial charge on any atom is 0.417 e. The Morgan fingerprint density at radius 1 is 0.968 bits per heavy atom. The minimum Gasteiger partial charge on any atom is -0.383 e. The van der Waals surface area contributed by atoms with Gasteiger partial charge in [0, 0.05) is 17.1 Å². The predicted molar refractivity (Wildman–Crippen MR) is 102 cm³/mol. The van der Waals surface area contributed by atoms with Gasteiger partial charge in [-0.25, -0.2) is 9.37 Å². The van der Waals surface area contributed by atoms with Crippen LogP contribution >= 0.6 is 0 Å². The van der Waals surface area contributed by atoms with E-state index in [1.165, 1.54) is 6.07 Å². The van der Waals surface area contributed by atoms with Crippen LogP contribution in [0.4, 0.5) is 38.1 Å². The zero-order valence-corrected chi connectivity index (χ0v) is 15.3. The number of aliphatic hydroxyl groups excluding tert-OH is 1. The maximum absolute atomic E-state index is 14.5. The highest BCUT2D eigenvalue weighted by Crippen LogP contribution is 2.44. The van der Waals surface area contributed by atoms with Crippen molar-refractivity contribution in [2.75, 3.05) is 11.5 Å². The van der Waals surface area contributed by atoms with Crippen LogP contribution in [0.1, 0.15) is 5.56 Å². The zero-order chi connectivity index (χ0) is 22.7. The number of hydrogen-bond acceptors (Lipinski definition) is 5. The molecule has 0 saturated heterocycles. The van der Waals surface area contributed by atoms with Crippen LogP contribution in [-0.2, 0) is 12.2 Å². The Hall–Kier alpha value is -3.54. The molecule has 0 aliphatic carbocycles. The Balaban J connectivity index is 2.23. The number of aliphatic hydroxyl groups is 1. The number of nitrogens with zero attached hydrogens (tertiary/aromatic N) is 3. The molecule has 2 aromatic carbocycles. The molecule has 162 valence electrons.